The highest BCUT2D eigenvalue weighted by atomic mass is 16.7. The van der Waals surface area contributed by atoms with Gasteiger partial charge in [0.2, 0.25) is 0 Å². The fourth-order valence-corrected chi connectivity index (χ4v) is 1.59. The van der Waals surface area contributed by atoms with Gasteiger partial charge in [0.1, 0.15) is 5.82 Å². The number of aromatic nitrogens is 1. The summed E-state index contributed by atoms with van der Waals surface area (Å²) in [6.07, 6.45) is 1.30. The fraction of sp³-hybridized carbons (Fsp3) is 0.583. The summed E-state index contributed by atoms with van der Waals surface area (Å²) in [7, 11) is 0. The summed E-state index contributed by atoms with van der Waals surface area (Å²) in [5.41, 5.74) is 5.90. The summed E-state index contributed by atoms with van der Waals surface area (Å²) in [4.78, 5) is 3.95. The maximum Gasteiger partial charge on any atom is 0.185 e. The number of rotatable bonds is 1. The molecule has 0 spiro atoms. The Balaban J connectivity index is 2.27. The van der Waals surface area contributed by atoms with E-state index in [1.54, 1.807) is 12.3 Å². The van der Waals surface area contributed by atoms with Gasteiger partial charge in [0.15, 0.2) is 6.29 Å². The van der Waals surface area contributed by atoms with Crippen LogP contribution < -0.4 is 5.73 Å². The Morgan fingerprint density at radius 1 is 1.19 bits per heavy atom. The summed E-state index contributed by atoms with van der Waals surface area (Å²) in [6, 6.07) is 3.64. The molecule has 0 amide bonds. The predicted octanol–water partition coefficient (Wildman–Crippen LogP) is 2.27. The van der Waals surface area contributed by atoms with E-state index in [0.717, 1.165) is 5.56 Å². The van der Waals surface area contributed by atoms with Crippen LogP contribution in [-0.4, -0.2) is 16.2 Å². The van der Waals surface area contributed by atoms with Gasteiger partial charge in [-0.05, 0) is 39.8 Å². The van der Waals surface area contributed by atoms with Crippen LogP contribution in [0.25, 0.3) is 0 Å². The molecular formula is C12H18N2O2. The van der Waals surface area contributed by atoms with E-state index in [2.05, 4.69) is 4.98 Å². The second-order valence-electron chi connectivity index (χ2n) is 5.10. The molecule has 16 heavy (non-hydrogen) atoms. The van der Waals surface area contributed by atoms with Crippen molar-refractivity contribution in [1.82, 2.24) is 4.98 Å². The summed E-state index contributed by atoms with van der Waals surface area (Å²) in [6.45, 7) is 8.10. The van der Waals surface area contributed by atoms with Gasteiger partial charge in [-0.3, -0.25) is 0 Å². The fourth-order valence-electron chi connectivity index (χ4n) is 1.59. The standard InChI is InChI=1S/C12H18N2O2/c1-11(2)12(3,4)16-10(15-11)8-5-6-14-9(13)7-8/h5-7,10H,1-4H3,(H2,13,14). The first-order chi connectivity index (χ1) is 7.32. The molecule has 2 heterocycles. The summed E-state index contributed by atoms with van der Waals surface area (Å²) in [5, 5.41) is 0. The molecule has 0 bridgehead atoms. The second kappa shape index (κ2) is 3.43. The quantitative estimate of drug-likeness (QED) is 0.791. The molecule has 2 rings (SSSR count). The second-order valence-corrected chi connectivity index (χ2v) is 5.10. The highest BCUT2D eigenvalue weighted by Crippen LogP contribution is 2.44. The molecule has 1 aromatic heterocycles. The van der Waals surface area contributed by atoms with Gasteiger partial charge >= 0.3 is 0 Å². The lowest BCUT2D eigenvalue weighted by atomic mass is 9.90. The normalized spacial score (nSPS) is 23.5. The van der Waals surface area contributed by atoms with Gasteiger partial charge in [0.05, 0.1) is 11.2 Å². The third kappa shape index (κ3) is 1.79. The number of hydrogen-bond acceptors (Lipinski definition) is 4. The molecule has 4 heteroatoms. The molecule has 1 fully saturated rings. The summed E-state index contributed by atoms with van der Waals surface area (Å²) >= 11 is 0. The van der Waals surface area contributed by atoms with Crippen molar-refractivity contribution in [2.24, 2.45) is 0 Å². The molecule has 1 saturated heterocycles. The van der Waals surface area contributed by atoms with Crippen molar-refractivity contribution in [3.05, 3.63) is 23.9 Å². The zero-order valence-electron chi connectivity index (χ0n) is 10.2. The van der Waals surface area contributed by atoms with Gasteiger partial charge in [0, 0.05) is 11.8 Å². The Morgan fingerprint density at radius 2 is 1.75 bits per heavy atom. The molecule has 0 atom stereocenters. The summed E-state index contributed by atoms with van der Waals surface area (Å²) in [5.74, 6) is 0.479. The Hall–Kier alpha value is -1.13. The predicted molar refractivity (Wildman–Crippen MR) is 61.7 cm³/mol. The highest BCUT2D eigenvalue weighted by molar-refractivity contribution is 5.32. The lowest BCUT2D eigenvalue weighted by molar-refractivity contribution is -0.0895. The molecule has 0 unspecified atom stereocenters. The van der Waals surface area contributed by atoms with Gasteiger partial charge in [-0.15, -0.1) is 0 Å². The van der Waals surface area contributed by atoms with E-state index < -0.39 is 0 Å². The Bertz CT molecular complexity index is 386. The third-order valence-corrected chi connectivity index (χ3v) is 3.33. The van der Waals surface area contributed by atoms with Crippen LogP contribution in [0.2, 0.25) is 0 Å². The number of hydrogen-bond donors (Lipinski definition) is 1. The number of anilines is 1. The molecule has 1 aliphatic rings. The lowest BCUT2D eigenvalue weighted by Gasteiger charge is -2.30. The van der Waals surface area contributed by atoms with Gasteiger partial charge in [0.25, 0.3) is 0 Å². The van der Waals surface area contributed by atoms with Crippen LogP contribution >= 0.6 is 0 Å². The Morgan fingerprint density at radius 3 is 2.25 bits per heavy atom. The van der Waals surface area contributed by atoms with Gasteiger partial charge in [-0.1, -0.05) is 0 Å². The van der Waals surface area contributed by atoms with Crippen molar-refractivity contribution in [1.29, 1.82) is 0 Å². The molecule has 1 aromatic rings. The molecular weight excluding hydrogens is 204 g/mol. The minimum Gasteiger partial charge on any atom is -0.384 e. The lowest BCUT2D eigenvalue weighted by Crippen LogP contribution is -2.41. The van der Waals surface area contributed by atoms with Crippen LogP contribution in [-0.2, 0) is 9.47 Å². The van der Waals surface area contributed by atoms with Crippen molar-refractivity contribution in [3.8, 4) is 0 Å². The van der Waals surface area contributed by atoms with Gasteiger partial charge < -0.3 is 15.2 Å². The van der Waals surface area contributed by atoms with Crippen molar-refractivity contribution < 1.29 is 9.47 Å². The average Bonchev–Trinajstić information content (AvgIpc) is 2.36. The van der Waals surface area contributed by atoms with Crippen molar-refractivity contribution in [2.45, 2.75) is 45.2 Å². The van der Waals surface area contributed by atoms with E-state index in [4.69, 9.17) is 15.2 Å². The molecule has 2 N–H and O–H groups in total. The topological polar surface area (TPSA) is 57.4 Å². The van der Waals surface area contributed by atoms with E-state index >= 15 is 0 Å². The minimum absolute atomic E-state index is 0.324. The number of nitrogens with zero attached hydrogens (tertiary/aromatic N) is 1. The minimum atomic E-state index is -0.365. The largest absolute Gasteiger partial charge is 0.384 e. The van der Waals surface area contributed by atoms with Crippen LogP contribution in [0.4, 0.5) is 5.82 Å². The SMILES string of the molecule is CC1(C)OC(c2ccnc(N)c2)OC1(C)C. The Kier molecular flexibility index (Phi) is 2.44. The van der Waals surface area contributed by atoms with Gasteiger partial charge in [-0.25, -0.2) is 4.98 Å². The van der Waals surface area contributed by atoms with E-state index in [-0.39, 0.29) is 17.5 Å². The molecule has 0 aromatic carbocycles. The highest BCUT2D eigenvalue weighted by Gasteiger charge is 2.49. The molecule has 88 valence electrons. The van der Waals surface area contributed by atoms with E-state index in [1.165, 1.54) is 0 Å². The smallest absolute Gasteiger partial charge is 0.185 e. The van der Waals surface area contributed by atoms with E-state index in [9.17, 15) is 0 Å². The number of nitrogens with two attached hydrogens (primary N) is 1. The summed E-state index contributed by atoms with van der Waals surface area (Å²) < 4.78 is 11.8. The molecule has 4 nitrogen and oxygen atoms in total. The first-order valence-corrected chi connectivity index (χ1v) is 5.39. The van der Waals surface area contributed by atoms with Crippen LogP contribution in [0.3, 0.4) is 0 Å². The first kappa shape index (κ1) is 11.4. The Labute approximate surface area is 95.8 Å². The van der Waals surface area contributed by atoms with Crippen molar-refractivity contribution in [2.75, 3.05) is 5.73 Å². The van der Waals surface area contributed by atoms with Crippen LogP contribution in [0.1, 0.15) is 39.5 Å². The van der Waals surface area contributed by atoms with Crippen LogP contribution in [0.15, 0.2) is 18.3 Å². The average molecular weight is 222 g/mol. The first-order valence-electron chi connectivity index (χ1n) is 5.39. The monoisotopic (exact) mass is 222 g/mol. The van der Waals surface area contributed by atoms with Crippen molar-refractivity contribution >= 4 is 5.82 Å². The van der Waals surface area contributed by atoms with Gasteiger partial charge in [-0.2, -0.15) is 0 Å². The molecule has 1 aliphatic heterocycles. The number of pyridine rings is 1. The molecule has 0 aliphatic carbocycles. The molecule has 0 radical (unpaired) electrons. The van der Waals surface area contributed by atoms with Crippen LogP contribution in [0, 0.1) is 0 Å². The zero-order valence-corrected chi connectivity index (χ0v) is 10.2. The zero-order chi connectivity index (χ0) is 12.0. The van der Waals surface area contributed by atoms with Crippen molar-refractivity contribution in [3.63, 3.8) is 0 Å². The molecule has 0 saturated carbocycles. The van der Waals surface area contributed by atoms with E-state index in [1.807, 2.05) is 33.8 Å². The van der Waals surface area contributed by atoms with E-state index in [0.29, 0.717) is 5.82 Å². The number of ether oxygens (including phenoxy) is 2. The maximum atomic E-state index is 5.90. The number of nitrogen functional groups attached to an aromatic ring is 1. The maximum absolute atomic E-state index is 5.90. The third-order valence-electron chi connectivity index (χ3n) is 3.33. The van der Waals surface area contributed by atoms with Crippen LogP contribution in [0.5, 0.6) is 0 Å².